The van der Waals surface area contributed by atoms with Crippen molar-refractivity contribution in [2.24, 2.45) is 0 Å². The number of allylic oxidation sites excluding steroid dienone is 2. The van der Waals surface area contributed by atoms with Gasteiger partial charge in [-0.15, -0.1) is 11.3 Å². The van der Waals surface area contributed by atoms with E-state index in [-0.39, 0.29) is 22.5 Å². The number of esters is 1. The molecule has 2 aromatic rings. The highest BCUT2D eigenvalue weighted by atomic mass is 32.1. The Morgan fingerprint density at radius 3 is 2.59 bits per heavy atom. The predicted molar refractivity (Wildman–Crippen MR) is 97.4 cm³/mol. The lowest BCUT2D eigenvalue weighted by molar-refractivity contribution is -0.136. The van der Waals surface area contributed by atoms with Gasteiger partial charge in [0.2, 0.25) is 0 Å². The third-order valence-corrected chi connectivity index (χ3v) is 5.42. The van der Waals surface area contributed by atoms with Crippen LogP contribution in [0.3, 0.4) is 0 Å². The number of nitriles is 2. The molecule has 8 heteroatoms. The van der Waals surface area contributed by atoms with Crippen molar-refractivity contribution in [3.8, 4) is 12.1 Å². The predicted octanol–water partition coefficient (Wildman–Crippen LogP) is 2.77. The van der Waals surface area contributed by atoms with Crippen molar-refractivity contribution >= 4 is 33.4 Å². The molecule has 3 rings (SSSR count). The number of thiophene rings is 1. The first-order valence-corrected chi connectivity index (χ1v) is 8.66. The van der Waals surface area contributed by atoms with E-state index in [1.807, 2.05) is 6.07 Å². The van der Waals surface area contributed by atoms with Crippen LogP contribution < -0.4 is 5.32 Å². The summed E-state index contributed by atoms with van der Waals surface area (Å²) in [5.41, 5.74) is 1.11. The molecule has 1 unspecified atom stereocenters. The molecule has 1 atom stereocenters. The number of ether oxygens (including phenoxy) is 1. The van der Waals surface area contributed by atoms with Crippen molar-refractivity contribution in [2.45, 2.75) is 12.8 Å². The normalized spacial score (nSPS) is 16.5. The van der Waals surface area contributed by atoms with Gasteiger partial charge in [-0.25, -0.2) is 9.59 Å². The Balaban J connectivity index is 2.37. The van der Waals surface area contributed by atoms with E-state index in [1.165, 1.54) is 25.4 Å². The fourth-order valence-electron chi connectivity index (χ4n) is 3.23. The highest BCUT2D eigenvalue weighted by Crippen LogP contribution is 2.43. The van der Waals surface area contributed by atoms with Crippen molar-refractivity contribution in [3.63, 3.8) is 0 Å². The van der Waals surface area contributed by atoms with Crippen LogP contribution in [0.4, 0.5) is 0 Å². The second kappa shape index (κ2) is 6.94. The summed E-state index contributed by atoms with van der Waals surface area (Å²) in [6.45, 7) is 1.54. The van der Waals surface area contributed by atoms with E-state index >= 15 is 0 Å². The Labute approximate surface area is 158 Å². The third kappa shape index (κ3) is 2.82. The Hall–Kier alpha value is -3.62. The van der Waals surface area contributed by atoms with Gasteiger partial charge in [0.05, 0.1) is 34.4 Å². The molecule has 27 heavy (non-hydrogen) atoms. The number of methoxy groups -OCH3 is 1. The summed E-state index contributed by atoms with van der Waals surface area (Å²) in [5, 5.41) is 33.6. The second-order valence-corrected chi connectivity index (χ2v) is 6.66. The molecule has 1 aliphatic heterocycles. The minimum atomic E-state index is -1.21. The highest BCUT2D eigenvalue weighted by Gasteiger charge is 2.39. The van der Waals surface area contributed by atoms with Gasteiger partial charge in [-0.1, -0.05) is 12.1 Å². The molecule has 1 aliphatic rings. The lowest BCUT2D eigenvalue weighted by Gasteiger charge is -2.27. The first kappa shape index (κ1) is 18.2. The third-order valence-electron chi connectivity index (χ3n) is 4.37. The van der Waals surface area contributed by atoms with Crippen molar-refractivity contribution in [1.29, 1.82) is 10.5 Å². The van der Waals surface area contributed by atoms with Gasteiger partial charge in [0.1, 0.15) is 17.8 Å². The zero-order valence-corrected chi connectivity index (χ0v) is 15.2. The molecule has 0 aliphatic carbocycles. The number of carbonyl (C=O) groups is 2. The van der Waals surface area contributed by atoms with Crippen LogP contribution in [0.25, 0.3) is 10.1 Å². The van der Waals surface area contributed by atoms with Crippen LogP contribution in [0.5, 0.6) is 0 Å². The summed E-state index contributed by atoms with van der Waals surface area (Å²) in [5.74, 6) is -2.99. The van der Waals surface area contributed by atoms with E-state index in [2.05, 4.69) is 11.4 Å². The van der Waals surface area contributed by atoms with Gasteiger partial charge >= 0.3 is 11.9 Å². The molecule has 0 saturated carbocycles. The van der Waals surface area contributed by atoms with Gasteiger partial charge < -0.3 is 15.2 Å². The number of carbonyl (C=O) groups excluding carboxylic acids is 1. The quantitative estimate of drug-likeness (QED) is 0.786. The van der Waals surface area contributed by atoms with Crippen molar-refractivity contribution < 1.29 is 19.4 Å². The number of nitrogens with zero attached hydrogens (tertiary/aromatic N) is 2. The number of aliphatic carboxylic acids is 1. The molecule has 134 valence electrons. The SMILES string of the molecule is COC(=O)C1=C(C#N)NC(C)=C(C(=O)O)C1c1csc2c(C#N)cccc12. The Kier molecular flexibility index (Phi) is 4.68. The number of benzene rings is 1. The fourth-order valence-corrected chi connectivity index (χ4v) is 4.29. The first-order chi connectivity index (χ1) is 12.9. The van der Waals surface area contributed by atoms with Crippen LogP contribution >= 0.6 is 11.3 Å². The van der Waals surface area contributed by atoms with Gasteiger partial charge in [0, 0.05) is 5.70 Å². The number of nitrogens with one attached hydrogen (secondary N) is 1. The van der Waals surface area contributed by atoms with E-state index in [9.17, 15) is 25.2 Å². The van der Waals surface area contributed by atoms with Gasteiger partial charge in [-0.2, -0.15) is 10.5 Å². The molecule has 0 amide bonds. The zero-order valence-electron chi connectivity index (χ0n) is 14.4. The van der Waals surface area contributed by atoms with Crippen LogP contribution in [0.1, 0.15) is 24.0 Å². The Morgan fingerprint density at radius 1 is 1.26 bits per heavy atom. The lowest BCUT2D eigenvalue weighted by atomic mass is 9.80. The van der Waals surface area contributed by atoms with Crippen LogP contribution in [-0.4, -0.2) is 24.2 Å². The van der Waals surface area contributed by atoms with Gasteiger partial charge in [0.15, 0.2) is 0 Å². The van der Waals surface area contributed by atoms with E-state index < -0.39 is 17.9 Å². The molecular weight excluding hydrogens is 366 g/mol. The molecule has 0 bridgehead atoms. The molecule has 2 N–H and O–H groups in total. The van der Waals surface area contributed by atoms with E-state index in [0.29, 0.717) is 21.2 Å². The van der Waals surface area contributed by atoms with Crippen LogP contribution in [0, 0.1) is 22.7 Å². The molecular formula is C19H13N3O4S. The monoisotopic (exact) mass is 379 g/mol. The number of rotatable bonds is 3. The average molecular weight is 379 g/mol. The Morgan fingerprint density at radius 2 is 2.00 bits per heavy atom. The standard InChI is InChI=1S/C19H13N3O4S/c1-9-14(18(23)24)15(16(19(25)26-2)13(7-21)22-9)12-8-27-17-10(6-20)4-3-5-11(12)17/h3-5,8,15,22H,1-2H3,(H,23,24). The van der Waals surface area contributed by atoms with Crippen molar-refractivity contribution in [3.05, 3.63) is 57.2 Å². The summed E-state index contributed by atoms with van der Waals surface area (Å²) in [6.07, 6.45) is 0. The average Bonchev–Trinajstić information content (AvgIpc) is 3.09. The minimum absolute atomic E-state index is 0.0449. The lowest BCUT2D eigenvalue weighted by Crippen LogP contribution is -2.31. The van der Waals surface area contributed by atoms with Gasteiger partial charge in [-0.05, 0) is 29.3 Å². The summed E-state index contributed by atoms with van der Waals surface area (Å²) in [4.78, 5) is 24.4. The number of fused-ring (bicyclic) bond motifs is 1. The molecule has 1 aromatic heterocycles. The fraction of sp³-hybridized carbons (Fsp3) is 0.158. The Bertz CT molecular complexity index is 1130. The maximum absolute atomic E-state index is 12.4. The maximum Gasteiger partial charge on any atom is 0.337 e. The molecule has 0 radical (unpaired) electrons. The second-order valence-electron chi connectivity index (χ2n) is 5.78. The molecule has 2 heterocycles. The van der Waals surface area contributed by atoms with E-state index in [0.717, 1.165) is 0 Å². The van der Waals surface area contributed by atoms with E-state index in [4.69, 9.17) is 4.74 Å². The largest absolute Gasteiger partial charge is 0.478 e. The smallest absolute Gasteiger partial charge is 0.337 e. The summed E-state index contributed by atoms with van der Waals surface area (Å²) >= 11 is 1.29. The topological polar surface area (TPSA) is 123 Å². The van der Waals surface area contributed by atoms with Crippen LogP contribution in [0.2, 0.25) is 0 Å². The van der Waals surface area contributed by atoms with Crippen molar-refractivity contribution in [2.75, 3.05) is 7.11 Å². The van der Waals surface area contributed by atoms with Crippen molar-refractivity contribution in [1.82, 2.24) is 5.32 Å². The molecule has 0 fully saturated rings. The van der Waals surface area contributed by atoms with E-state index in [1.54, 1.807) is 23.6 Å². The molecule has 0 spiro atoms. The van der Waals surface area contributed by atoms with Crippen LogP contribution in [0.15, 0.2) is 46.1 Å². The molecule has 0 saturated heterocycles. The summed E-state index contributed by atoms with van der Waals surface area (Å²) in [6, 6.07) is 9.15. The summed E-state index contributed by atoms with van der Waals surface area (Å²) in [7, 11) is 1.17. The zero-order chi connectivity index (χ0) is 19.7. The van der Waals surface area contributed by atoms with Gasteiger partial charge in [0.25, 0.3) is 0 Å². The molecule has 7 nitrogen and oxygen atoms in total. The summed E-state index contributed by atoms with van der Waals surface area (Å²) < 4.78 is 5.51. The molecule has 1 aromatic carbocycles. The number of hydrogen-bond donors (Lipinski definition) is 2. The number of carboxylic acids is 1. The first-order valence-electron chi connectivity index (χ1n) is 7.78. The van der Waals surface area contributed by atoms with Gasteiger partial charge in [-0.3, -0.25) is 0 Å². The highest BCUT2D eigenvalue weighted by molar-refractivity contribution is 7.17. The number of hydrogen-bond acceptors (Lipinski definition) is 7. The number of dihydropyridines is 1. The van der Waals surface area contributed by atoms with Crippen LogP contribution in [-0.2, 0) is 14.3 Å². The maximum atomic E-state index is 12.4. The minimum Gasteiger partial charge on any atom is -0.478 e. The number of carboxylic acid groups (broad SMARTS) is 1.